The van der Waals surface area contributed by atoms with Crippen LogP contribution in [0.15, 0.2) is 72.8 Å². The van der Waals surface area contributed by atoms with Gasteiger partial charge in [0.1, 0.15) is 11.5 Å². The lowest BCUT2D eigenvalue weighted by Crippen LogP contribution is -2.31. The average molecular weight is 402 g/mol. The quantitative estimate of drug-likeness (QED) is 0.704. The van der Waals surface area contributed by atoms with E-state index in [2.05, 4.69) is 5.32 Å². The molecule has 1 aliphatic heterocycles. The number of ether oxygens (including phenoxy) is 2. The molecule has 152 valence electrons. The lowest BCUT2D eigenvalue weighted by Gasteiger charge is -2.20. The first-order valence-corrected chi connectivity index (χ1v) is 9.65. The normalized spacial score (nSPS) is 13.1. The fourth-order valence-corrected chi connectivity index (χ4v) is 3.37. The van der Waals surface area contributed by atoms with Crippen molar-refractivity contribution in [3.05, 3.63) is 89.5 Å². The minimum absolute atomic E-state index is 0.0211. The van der Waals surface area contributed by atoms with Crippen LogP contribution in [0.1, 0.15) is 21.5 Å². The Kier molecular flexibility index (Phi) is 5.66. The number of rotatable bonds is 5. The van der Waals surface area contributed by atoms with Crippen LogP contribution in [0.4, 0.5) is 5.69 Å². The van der Waals surface area contributed by atoms with Gasteiger partial charge in [0, 0.05) is 29.9 Å². The summed E-state index contributed by atoms with van der Waals surface area (Å²) in [5.74, 6) is 1.12. The fraction of sp³-hybridized carbons (Fsp3) is 0.167. The lowest BCUT2D eigenvalue weighted by atomic mass is 10.1. The van der Waals surface area contributed by atoms with Crippen molar-refractivity contribution in [1.82, 2.24) is 4.90 Å². The molecule has 0 unspecified atom stereocenters. The second kappa shape index (κ2) is 8.69. The van der Waals surface area contributed by atoms with E-state index in [0.29, 0.717) is 30.1 Å². The lowest BCUT2D eigenvalue weighted by molar-refractivity contribution is -0.133. The molecule has 0 radical (unpaired) electrons. The highest BCUT2D eigenvalue weighted by Crippen LogP contribution is 2.28. The van der Waals surface area contributed by atoms with E-state index < -0.39 is 0 Å². The Bertz CT molecular complexity index is 1070. The first kappa shape index (κ1) is 19.5. The molecule has 0 aromatic heterocycles. The van der Waals surface area contributed by atoms with Gasteiger partial charge in [-0.2, -0.15) is 0 Å². The fourth-order valence-electron chi connectivity index (χ4n) is 3.37. The van der Waals surface area contributed by atoms with E-state index in [4.69, 9.17) is 9.47 Å². The highest BCUT2D eigenvalue weighted by molar-refractivity contribution is 6.04. The summed E-state index contributed by atoms with van der Waals surface area (Å²) in [6.07, 6.45) is 0. The minimum atomic E-state index is -0.186. The molecule has 1 N–H and O–H groups in total. The van der Waals surface area contributed by atoms with Crippen LogP contribution in [0, 0.1) is 0 Å². The number of methoxy groups -OCH3 is 1. The molecule has 3 aromatic carbocycles. The number of hydrogen-bond acceptors (Lipinski definition) is 4. The zero-order valence-corrected chi connectivity index (χ0v) is 16.6. The van der Waals surface area contributed by atoms with Crippen LogP contribution in [0.25, 0.3) is 0 Å². The van der Waals surface area contributed by atoms with Gasteiger partial charge in [-0.1, -0.05) is 30.3 Å². The van der Waals surface area contributed by atoms with Crippen LogP contribution in [-0.2, 0) is 17.9 Å². The van der Waals surface area contributed by atoms with E-state index in [1.165, 1.54) is 0 Å². The molecule has 1 heterocycles. The Labute approximate surface area is 175 Å². The number of fused-ring (bicyclic) bond motifs is 1. The van der Waals surface area contributed by atoms with E-state index in [0.717, 1.165) is 16.9 Å². The molecule has 0 aliphatic carbocycles. The van der Waals surface area contributed by atoms with E-state index in [1.807, 2.05) is 48.5 Å². The van der Waals surface area contributed by atoms with Crippen LogP contribution in [-0.4, -0.2) is 30.4 Å². The van der Waals surface area contributed by atoms with E-state index in [1.54, 1.807) is 36.3 Å². The molecule has 3 aromatic rings. The molecule has 0 saturated heterocycles. The molecule has 0 spiro atoms. The molecule has 1 aliphatic rings. The van der Waals surface area contributed by atoms with Gasteiger partial charge in [0.2, 0.25) is 0 Å². The summed E-state index contributed by atoms with van der Waals surface area (Å²) in [4.78, 5) is 26.8. The Morgan fingerprint density at radius 1 is 1.07 bits per heavy atom. The topological polar surface area (TPSA) is 67.9 Å². The molecular formula is C24H22N2O4. The van der Waals surface area contributed by atoms with Crippen LogP contribution in [0.2, 0.25) is 0 Å². The van der Waals surface area contributed by atoms with Crippen LogP contribution < -0.4 is 14.8 Å². The second-order valence-electron chi connectivity index (χ2n) is 7.03. The van der Waals surface area contributed by atoms with Gasteiger partial charge < -0.3 is 19.7 Å². The Balaban J connectivity index is 1.53. The highest BCUT2D eigenvalue weighted by Gasteiger charge is 2.22. The van der Waals surface area contributed by atoms with Gasteiger partial charge >= 0.3 is 0 Å². The summed E-state index contributed by atoms with van der Waals surface area (Å²) < 4.78 is 11.0. The maximum absolute atomic E-state index is 12.6. The predicted molar refractivity (Wildman–Crippen MR) is 114 cm³/mol. The molecule has 0 saturated carbocycles. The van der Waals surface area contributed by atoms with Gasteiger partial charge in [-0.25, -0.2) is 0 Å². The standard InChI is InChI=1S/C24H22N2O4/c1-29-21-9-5-6-17(12-21)14-26-15-19-13-20(10-11-22(19)30-16-23(26)27)25-24(28)18-7-3-2-4-8-18/h2-13H,14-16H2,1H3,(H,25,28). The third kappa shape index (κ3) is 4.43. The Morgan fingerprint density at radius 2 is 1.90 bits per heavy atom. The maximum atomic E-state index is 12.6. The molecule has 6 heteroatoms. The summed E-state index contributed by atoms with van der Waals surface area (Å²) in [5.41, 5.74) is 3.05. The molecule has 4 rings (SSSR count). The van der Waals surface area contributed by atoms with Crippen molar-refractivity contribution in [3.8, 4) is 11.5 Å². The third-order valence-electron chi connectivity index (χ3n) is 4.93. The number of hydrogen-bond donors (Lipinski definition) is 1. The highest BCUT2D eigenvalue weighted by atomic mass is 16.5. The first-order chi connectivity index (χ1) is 14.6. The number of amides is 2. The van der Waals surface area contributed by atoms with Gasteiger partial charge in [-0.15, -0.1) is 0 Å². The van der Waals surface area contributed by atoms with Crippen molar-refractivity contribution in [3.63, 3.8) is 0 Å². The van der Waals surface area contributed by atoms with Crippen molar-refractivity contribution >= 4 is 17.5 Å². The molecule has 6 nitrogen and oxygen atoms in total. The smallest absolute Gasteiger partial charge is 0.261 e. The predicted octanol–water partition coefficient (Wildman–Crippen LogP) is 3.87. The van der Waals surface area contributed by atoms with E-state index >= 15 is 0 Å². The number of anilines is 1. The maximum Gasteiger partial charge on any atom is 0.261 e. The van der Waals surface area contributed by atoms with Crippen molar-refractivity contribution in [1.29, 1.82) is 0 Å². The zero-order valence-electron chi connectivity index (χ0n) is 16.6. The second-order valence-corrected chi connectivity index (χ2v) is 7.03. The van der Waals surface area contributed by atoms with Gasteiger partial charge in [-0.05, 0) is 48.0 Å². The van der Waals surface area contributed by atoms with Crippen molar-refractivity contribution in [2.24, 2.45) is 0 Å². The Morgan fingerprint density at radius 3 is 2.70 bits per heavy atom. The monoisotopic (exact) mass is 402 g/mol. The first-order valence-electron chi connectivity index (χ1n) is 9.65. The molecule has 0 atom stereocenters. The summed E-state index contributed by atoms with van der Waals surface area (Å²) in [6, 6.07) is 22.1. The summed E-state index contributed by atoms with van der Waals surface area (Å²) in [6.45, 7) is 0.812. The third-order valence-corrected chi connectivity index (χ3v) is 4.93. The van der Waals surface area contributed by atoms with Crippen molar-refractivity contribution in [2.75, 3.05) is 19.0 Å². The average Bonchev–Trinajstić information content (AvgIpc) is 2.93. The molecular weight excluding hydrogens is 380 g/mol. The van der Waals surface area contributed by atoms with Crippen molar-refractivity contribution in [2.45, 2.75) is 13.1 Å². The molecule has 2 amide bonds. The number of carbonyl (C=O) groups is 2. The number of benzene rings is 3. The van der Waals surface area contributed by atoms with Gasteiger partial charge in [0.25, 0.3) is 11.8 Å². The molecule has 0 bridgehead atoms. The molecule has 30 heavy (non-hydrogen) atoms. The number of carbonyl (C=O) groups excluding carboxylic acids is 2. The van der Waals surface area contributed by atoms with Gasteiger partial charge in [0.05, 0.1) is 7.11 Å². The number of nitrogens with zero attached hydrogens (tertiary/aromatic N) is 1. The minimum Gasteiger partial charge on any atom is -0.497 e. The largest absolute Gasteiger partial charge is 0.497 e. The van der Waals surface area contributed by atoms with Crippen LogP contribution in [0.5, 0.6) is 11.5 Å². The number of nitrogens with one attached hydrogen (secondary N) is 1. The van der Waals surface area contributed by atoms with Gasteiger partial charge in [0.15, 0.2) is 6.61 Å². The van der Waals surface area contributed by atoms with Crippen LogP contribution >= 0.6 is 0 Å². The zero-order chi connectivity index (χ0) is 20.9. The van der Waals surface area contributed by atoms with Crippen molar-refractivity contribution < 1.29 is 19.1 Å². The Hall–Kier alpha value is -3.80. The van der Waals surface area contributed by atoms with E-state index in [-0.39, 0.29) is 18.4 Å². The van der Waals surface area contributed by atoms with Gasteiger partial charge in [-0.3, -0.25) is 9.59 Å². The van der Waals surface area contributed by atoms with Crippen LogP contribution in [0.3, 0.4) is 0 Å². The summed E-state index contributed by atoms with van der Waals surface area (Å²) >= 11 is 0. The van der Waals surface area contributed by atoms with E-state index in [9.17, 15) is 9.59 Å². The molecule has 0 fully saturated rings. The summed E-state index contributed by atoms with van der Waals surface area (Å²) in [5, 5.41) is 2.91. The summed E-state index contributed by atoms with van der Waals surface area (Å²) in [7, 11) is 1.62. The SMILES string of the molecule is COc1cccc(CN2Cc3cc(NC(=O)c4ccccc4)ccc3OCC2=O)c1.